The summed E-state index contributed by atoms with van der Waals surface area (Å²) in [6, 6.07) is 9.18. The minimum atomic E-state index is -3.37. The van der Waals surface area contributed by atoms with Crippen molar-refractivity contribution in [3.05, 3.63) is 48.0 Å². The van der Waals surface area contributed by atoms with Crippen LogP contribution in [0.2, 0.25) is 0 Å². The zero-order valence-corrected chi connectivity index (χ0v) is 15.3. The third-order valence-corrected chi connectivity index (χ3v) is 7.43. The molecule has 138 valence electrons. The third-order valence-electron chi connectivity index (χ3n) is 5.62. The van der Waals surface area contributed by atoms with Gasteiger partial charge in [0, 0.05) is 13.1 Å². The minimum absolute atomic E-state index is 0.0425. The van der Waals surface area contributed by atoms with Crippen LogP contribution in [0, 0.1) is 11.8 Å². The molecule has 0 bridgehead atoms. The van der Waals surface area contributed by atoms with E-state index in [0.29, 0.717) is 19.3 Å². The molecule has 2 aliphatic heterocycles. The van der Waals surface area contributed by atoms with Gasteiger partial charge < -0.3 is 0 Å². The van der Waals surface area contributed by atoms with Gasteiger partial charge in [-0.3, -0.25) is 14.5 Å². The summed E-state index contributed by atoms with van der Waals surface area (Å²) in [4.78, 5) is 26.4. The number of aryl methyl sites for hydroxylation is 1. The summed E-state index contributed by atoms with van der Waals surface area (Å²) in [5, 5.41) is 0. The highest BCUT2D eigenvalue weighted by Crippen LogP contribution is 2.37. The van der Waals surface area contributed by atoms with Crippen molar-refractivity contribution in [1.82, 2.24) is 9.21 Å². The Bertz CT molecular complexity index is 818. The van der Waals surface area contributed by atoms with Crippen molar-refractivity contribution in [2.24, 2.45) is 11.8 Å². The molecule has 2 fully saturated rings. The van der Waals surface area contributed by atoms with Crippen LogP contribution in [-0.2, 0) is 26.0 Å². The fourth-order valence-electron chi connectivity index (χ4n) is 4.01. The SMILES string of the molecule is O=C1[C@@H]2CC=CC[C@H]2C(=O)N1C1CN(S(=O)(=O)CCc2ccccc2)C1. The molecular weight excluding hydrogens is 352 g/mol. The predicted octanol–water partition coefficient (Wildman–Crippen LogP) is 1.19. The highest BCUT2D eigenvalue weighted by molar-refractivity contribution is 7.89. The van der Waals surface area contributed by atoms with Crippen LogP contribution in [0.15, 0.2) is 42.5 Å². The summed E-state index contributed by atoms with van der Waals surface area (Å²) in [5.74, 6) is -0.723. The molecule has 4 rings (SSSR count). The smallest absolute Gasteiger partial charge is 0.233 e. The fraction of sp³-hybridized carbons (Fsp3) is 0.474. The van der Waals surface area contributed by atoms with Gasteiger partial charge in [-0.15, -0.1) is 0 Å². The summed E-state index contributed by atoms with van der Waals surface area (Å²) < 4.78 is 26.4. The largest absolute Gasteiger partial charge is 0.276 e. The van der Waals surface area contributed by atoms with E-state index in [-0.39, 0.29) is 48.5 Å². The number of sulfonamides is 1. The van der Waals surface area contributed by atoms with E-state index in [1.807, 2.05) is 42.5 Å². The number of hydrogen-bond donors (Lipinski definition) is 0. The second-order valence-corrected chi connectivity index (χ2v) is 9.31. The molecule has 2 saturated heterocycles. The maximum atomic E-state index is 12.6. The first-order valence-electron chi connectivity index (χ1n) is 9.01. The Morgan fingerprint density at radius 2 is 1.50 bits per heavy atom. The van der Waals surface area contributed by atoms with E-state index in [0.717, 1.165) is 5.56 Å². The van der Waals surface area contributed by atoms with Crippen LogP contribution in [0.5, 0.6) is 0 Å². The number of fused-ring (bicyclic) bond motifs is 1. The number of carbonyl (C=O) groups excluding carboxylic acids is 2. The first-order valence-corrected chi connectivity index (χ1v) is 10.6. The maximum absolute atomic E-state index is 12.6. The molecule has 1 aromatic carbocycles. The molecule has 1 aromatic rings. The molecule has 0 saturated carbocycles. The summed E-state index contributed by atoms with van der Waals surface area (Å²) in [6.45, 7) is 0.447. The van der Waals surface area contributed by atoms with E-state index < -0.39 is 10.0 Å². The summed E-state index contributed by atoms with van der Waals surface area (Å²) in [5.41, 5.74) is 0.981. The second kappa shape index (κ2) is 6.63. The van der Waals surface area contributed by atoms with Gasteiger partial charge in [0.2, 0.25) is 21.8 Å². The van der Waals surface area contributed by atoms with Gasteiger partial charge in [-0.25, -0.2) is 8.42 Å². The van der Waals surface area contributed by atoms with Gasteiger partial charge in [-0.05, 0) is 24.8 Å². The van der Waals surface area contributed by atoms with Crippen molar-refractivity contribution in [2.75, 3.05) is 18.8 Å². The van der Waals surface area contributed by atoms with Crippen LogP contribution in [-0.4, -0.2) is 54.3 Å². The van der Waals surface area contributed by atoms with Gasteiger partial charge in [0.15, 0.2) is 0 Å². The van der Waals surface area contributed by atoms with Gasteiger partial charge in [-0.1, -0.05) is 42.5 Å². The van der Waals surface area contributed by atoms with Gasteiger partial charge in [-0.2, -0.15) is 4.31 Å². The molecular formula is C19H22N2O4S. The molecule has 3 aliphatic rings. The number of nitrogens with zero attached hydrogens (tertiary/aromatic N) is 2. The van der Waals surface area contributed by atoms with Crippen LogP contribution < -0.4 is 0 Å². The van der Waals surface area contributed by atoms with Gasteiger partial charge in [0.25, 0.3) is 0 Å². The van der Waals surface area contributed by atoms with Crippen LogP contribution in [0.4, 0.5) is 0 Å². The van der Waals surface area contributed by atoms with Crippen LogP contribution in [0.3, 0.4) is 0 Å². The summed E-state index contributed by atoms with van der Waals surface area (Å²) >= 11 is 0. The molecule has 2 heterocycles. The summed E-state index contributed by atoms with van der Waals surface area (Å²) in [7, 11) is -3.37. The molecule has 0 aromatic heterocycles. The molecule has 6 nitrogen and oxygen atoms in total. The Kier molecular flexibility index (Phi) is 4.44. The number of hydrogen-bond acceptors (Lipinski definition) is 4. The molecule has 7 heteroatoms. The lowest BCUT2D eigenvalue weighted by molar-refractivity contribution is -0.145. The van der Waals surface area contributed by atoms with Gasteiger partial charge in [0.05, 0.1) is 23.6 Å². The minimum Gasteiger partial charge on any atom is -0.276 e. The average Bonchev–Trinajstić information content (AvgIpc) is 2.85. The molecule has 2 amide bonds. The van der Waals surface area contributed by atoms with Gasteiger partial charge >= 0.3 is 0 Å². The number of amides is 2. The van der Waals surface area contributed by atoms with Crippen LogP contribution >= 0.6 is 0 Å². The van der Waals surface area contributed by atoms with E-state index in [1.54, 1.807) is 0 Å². The Hall–Kier alpha value is -1.99. The molecule has 1 aliphatic carbocycles. The third kappa shape index (κ3) is 2.99. The van der Waals surface area contributed by atoms with Crippen LogP contribution in [0.1, 0.15) is 18.4 Å². The standard InChI is InChI=1S/C19H22N2O4S/c22-18-16-8-4-5-9-17(16)19(23)21(18)15-12-20(13-15)26(24,25)11-10-14-6-2-1-3-7-14/h1-7,15-17H,8-13H2/t16-,17-/m1/s1. The number of benzene rings is 1. The average molecular weight is 374 g/mol. The van der Waals surface area contributed by atoms with E-state index in [2.05, 4.69) is 0 Å². The number of imide groups is 1. The van der Waals surface area contributed by atoms with E-state index in [4.69, 9.17) is 0 Å². The molecule has 0 unspecified atom stereocenters. The van der Waals surface area contributed by atoms with E-state index >= 15 is 0 Å². The maximum Gasteiger partial charge on any atom is 0.233 e. The lowest BCUT2D eigenvalue weighted by atomic mass is 9.85. The normalized spacial score (nSPS) is 26.8. The van der Waals surface area contributed by atoms with Crippen molar-refractivity contribution < 1.29 is 18.0 Å². The molecule has 0 radical (unpaired) electrons. The quantitative estimate of drug-likeness (QED) is 0.573. The lowest BCUT2D eigenvalue weighted by Crippen LogP contribution is -2.62. The van der Waals surface area contributed by atoms with Crippen molar-refractivity contribution in [3.8, 4) is 0 Å². The second-order valence-electron chi connectivity index (χ2n) is 7.22. The highest BCUT2D eigenvalue weighted by Gasteiger charge is 2.53. The van der Waals surface area contributed by atoms with Crippen molar-refractivity contribution >= 4 is 21.8 Å². The fourth-order valence-corrected chi connectivity index (χ4v) is 5.56. The van der Waals surface area contributed by atoms with E-state index in [9.17, 15) is 18.0 Å². The molecule has 0 spiro atoms. The van der Waals surface area contributed by atoms with Gasteiger partial charge in [0.1, 0.15) is 0 Å². The Labute approximate surface area is 153 Å². The van der Waals surface area contributed by atoms with Crippen LogP contribution in [0.25, 0.3) is 0 Å². The first-order chi connectivity index (χ1) is 12.5. The number of allylic oxidation sites excluding steroid dienone is 2. The zero-order valence-electron chi connectivity index (χ0n) is 14.5. The summed E-state index contributed by atoms with van der Waals surface area (Å²) in [6.07, 6.45) is 5.59. The number of rotatable bonds is 5. The van der Waals surface area contributed by atoms with Crippen molar-refractivity contribution in [1.29, 1.82) is 0 Å². The Morgan fingerprint density at radius 1 is 0.923 bits per heavy atom. The number of likely N-dealkylation sites (tertiary alicyclic amines) is 1. The number of carbonyl (C=O) groups is 2. The molecule has 26 heavy (non-hydrogen) atoms. The van der Waals surface area contributed by atoms with Crippen molar-refractivity contribution in [3.63, 3.8) is 0 Å². The topological polar surface area (TPSA) is 74.8 Å². The molecule has 0 N–H and O–H groups in total. The zero-order chi connectivity index (χ0) is 18.3. The Morgan fingerprint density at radius 3 is 2.08 bits per heavy atom. The van der Waals surface area contributed by atoms with E-state index in [1.165, 1.54) is 9.21 Å². The highest BCUT2D eigenvalue weighted by atomic mass is 32.2. The Balaban J connectivity index is 1.36. The molecule has 2 atom stereocenters. The lowest BCUT2D eigenvalue weighted by Gasteiger charge is -2.42. The monoisotopic (exact) mass is 374 g/mol. The first kappa shape index (κ1) is 17.4. The van der Waals surface area contributed by atoms with Crippen molar-refractivity contribution in [2.45, 2.75) is 25.3 Å². The predicted molar refractivity (Wildman–Crippen MR) is 96.5 cm³/mol.